The van der Waals surface area contributed by atoms with Crippen LogP contribution in [0.5, 0.6) is 0 Å². The molecule has 190 valence electrons. The molecule has 3 aliphatic rings. The zero-order valence-corrected chi connectivity index (χ0v) is 21.9. The summed E-state index contributed by atoms with van der Waals surface area (Å²) in [6.07, 6.45) is 12.1. The van der Waals surface area contributed by atoms with Gasteiger partial charge in [0, 0.05) is 25.4 Å². The Labute approximate surface area is 211 Å². The van der Waals surface area contributed by atoms with Gasteiger partial charge in [0.05, 0.1) is 4.88 Å². The van der Waals surface area contributed by atoms with Crippen LogP contribution >= 0.6 is 11.3 Å². The summed E-state index contributed by atoms with van der Waals surface area (Å²) in [7, 11) is -3.67. The van der Waals surface area contributed by atoms with Crippen molar-refractivity contribution in [3.63, 3.8) is 0 Å². The summed E-state index contributed by atoms with van der Waals surface area (Å²) in [4.78, 5) is 23.9. The Balaban J connectivity index is 1.36. The number of allylic oxidation sites excluding steroid dienone is 2. The molecule has 3 fully saturated rings. The molecular weight excluding hydrogens is 484 g/mol. The molecule has 2 aromatic heterocycles. The van der Waals surface area contributed by atoms with E-state index in [9.17, 15) is 18.0 Å². The van der Waals surface area contributed by atoms with Crippen molar-refractivity contribution in [2.24, 2.45) is 29.1 Å². The van der Waals surface area contributed by atoms with Crippen molar-refractivity contribution in [2.45, 2.75) is 56.6 Å². The quantitative estimate of drug-likeness (QED) is 0.321. The number of unbranched alkanes of at least 4 members (excludes halogenated alkanes) is 1. The number of nitrogens with zero attached hydrogens (tertiary/aromatic N) is 1. The van der Waals surface area contributed by atoms with Gasteiger partial charge in [-0.15, -0.1) is 11.3 Å². The maximum atomic E-state index is 12.9. The van der Waals surface area contributed by atoms with Gasteiger partial charge >= 0.3 is 5.97 Å². The third-order valence-corrected chi connectivity index (χ3v) is 11.2. The highest BCUT2D eigenvalue weighted by molar-refractivity contribution is 7.92. The number of hydrogen-bond acceptors (Lipinski definition) is 5. The van der Waals surface area contributed by atoms with Crippen molar-refractivity contribution >= 4 is 33.2 Å². The lowest BCUT2D eigenvalue weighted by molar-refractivity contribution is -0.137. The molecule has 0 spiro atoms. The standard InChI is InChI=1S/C26H34N2O5S2/c1-26(2)19-15-18(20(21(26)16-19)9-5-3-4-6-10-23(29)30)17-27-25(31)22-11-12-24(34-22)35(32,33)28-13-7-8-14-28/h3,5,7-8,11-14,18-21H,4,6,9-10,15-17H2,1-2H3,(H,27,31)(H,29,30)/b5-3+/t18-,19+,20-,21+/m0/s1. The molecule has 1 amide bonds. The number of thiophene rings is 1. The number of hydrogen-bond donors (Lipinski definition) is 2. The Morgan fingerprint density at radius 3 is 2.63 bits per heavy atom. The van der Waals surface area contributed by atoms with E-state index in [4.69, 9.17) is 5.11 Å². The van der Waals surface area contributed by atoms with E-state index in [2.05, 4.69) is 31.3 Å². The molecule has 2 heterocycles. The van der Waals surface area contributed by atoms with Crippen molar-refractivity contribution < 1.29 is 23.1 Å². The fourth-order valence-corrected chi connectivity index (χ4v) is 8.37. The third-order valence-electron chi connectivity index (χ3n) is 8.03. The van der Waals surface area contributed by atoms with Crippen molar-refractivity contribution in [1.29, 1.82) is 0 Å². The van der Waals surface area contributed by atoms with E-state index < -0.39 is 16.0 Å². The maximum absolute atomic E-state index is 12.9. The SMILES string of the molecule is CC1(C)[C@@H]2C[C@@H](CNC(=O)c3ccc(S(=O)(=O)n4cccc4)s3)[C@H](C/C=C/CCCC(=O)O)[C@H]1C2. The monoisotopic (exact) mass is 518 g/mol. The van der Waals surface area contributed by atoms with Gasteiger partial charge in [-0.1, -0.05) is 26.0 Å². The normalized spacial score (nSPS) is 25.3. The fraction of sp³-hybridized carbons (Fsp3) is 0.538. The van der Waals surface area contributed by atoms with Gasteiger partial charge in [-0.2, -0.15) is 8.42 Å². The van der Waals surface area contributed by atoms with Crippen LogP contribution in [0.15, 0.2) is 53.0 Å². The van der Waals surface area contributed by atoms with Crippen LogP contribution in [0.2, 0.25) is 0 Å². The van der Waals surface area contributed by atoms with Gasteiger partial charge in [-0.3, -0.25) is 9.59 Å². The first-order chi connectivity index (χ1) is 16.6. The minimum absolute atomic E-state index is 0.144. The lowest BCUT2D eigenvalue weighted by Gasteiger charge is -2.63. The van der Waals surface area contributed by atoms with Crippen LogP contribution in [-0.2, 0) is 14.8 Å². The first-order valence-electron chi connectivity index (χ1n) is 12.2. The van der Waals surface area contributed by atoms with Gasteiger partial charge in [0.15, 0.2) is 0 Å². The molecule has 7 nitrogen and oxygen atoms in total. The molecule has 0 unspecified atom stereocenters. The van der Waals surface area contributed by atoms with Crippen LogP contribution < -0.4 is 5.32 Å². The second kappa shape index (κ2) is 10.3. The lowest BCUT2D eigenvalue weighted by atomic mass is 9.43. The number of aromatic nitrogens is 1. The molecule has 9 heteroatoms. The first-order valence-corrected chi connectivity index (χ1v) is 14.5. The predicted octanol–water partition coefficient (Wildman–Crippen LogP) is 5.02. The highest BCUT2D eigenvalue weighted by atomic mass is 32.2. The van der Waals surface area contributed by atoms with Gasteiger partial charge in [-0.05, 0) is 85.5 Å². The fourth-order valence-electron chi connectivity index (χ4n) is 5.86. The summed E-state index contributed by atoms with van der Waals surface area (Å²) in [5, 5.41) is 11.9. The highest BCUT2D eigenvalue weighted by Crippen LogP contribution is 2.63. The van der Waals surface area contributed by atoms with Gasteiger partial charge < -0.3 is 10.4 Å². The molecule has 3 saturated carbocycles. The molecule has 2 bridgehead atoms. The molecule has 0 saturated heterocycles. The minimum Gasteiger partial charge on any atom is -0.481 e. The molecule has 4 atom stereocenters. The van der Waals surface area contributed by atoms with Crippen LogP contribution in [0.4, 0.5) is 0 Å². The van der Waals surface area contributed by atoms with Crippen LogP contribution in [0.3, 0.4) is 0 Å². The number of fused-ring (bicyclic) bond motifs is 2. The van der Waals surface area contributed by atoms with Gasteiger partial charge in [0.1, 0.15) is 4.21 Å². The Morgan fingerprint density at radius 1 is 1.20 bits per heavy atom. The van der Waals surface area contributed by atoms with Gasteiger partial charge in [0.25, 0.3) is 15.9 Å². The zero-order valence-electron chi connectivity index (χ0n) is 20.2. The summed E-state index contributed by atoms with van der Waals surface area (Å²) < 4.78 is 26.7. The summed E-state index contributed by atoms with van der Waals surface area (Å²) in [5.41, 5.74) is 0.317. The van der Waals surface area contributed by atoms with Crippen molar-refractivity contribution in [2.75, 3.05) is 6.54 Å². The molecule has 0 aromatic carbocycles. The van der Waals surface area contributed by atoms with Gasteiger partial charge in [0.2, 0.25) is 0 Å². The molecular formula is C26H34N2O5S2. The smallest absolute Gasteiger partial charge is 0.303 e. The van der Waals surface area contributed by atoms with E-state index in [0.717, 1.165) is 34.6 Å². The van der Waals surface area contributed by atoms with Crippen molar-refractivity contribution in [3.05, 3.63) is 53.7 Å². The number of aliphatic carboxylic acids is 1. The molecule has 5 rings (SSSR count). The number of carbonyl (C=O) groups excluding carboxylic acids is 1. The van der Waals surface area contributed by atoms with E-state index >= 15 is 0 Å². The van der Waals surface area contributed by atoms with Crippen molar-refractivity contribution in [3.8, 4) is 0 Å². The molecule has 0 radical (unpaired) electrons. The number of carbonyl (C=O) groups is 2. The van der Waals surface area contributed by atoms with E-state index in [0.29, 0.717) is 46.9 Å². The van der Waals surface area contributed by atoms with E-state index in [1.54, 1.807) is 18.2 Å². The number of carboxylic acids is 1. The molecule has 3 aliphatic carbocycles. The minimum atomic E-state index is -3.67. The van der Waals surface area contributed by atoms with Crippen LogP contribution in [0.1, 0.15) is 62.0 Å². The maximum Gasteiger partial charge on any atom is 0.303 e. The number of rotatable bonds is 11. The Kier molecular flexibility index (Phi) is 7.57. The highest BCUT2D eigenvalue weighted by Gasteiger charge is 2.56. The lowest BCUT2D eigenvalue weighted by Crippen LogP contribution is -2.57. The summed E-state index contributed by atoms with van der Waals surface area (Å²) in [6, 6.07) is 6.37. The summed E-state index contributed by atoms with van der Waals surface area (Å²) in [6.45, 7) is 5.28. The first kappa shape index (κ1) is 25.7. The number of carboxylic acid groups (broad SMARTS) is 1. The average Bonchev–Trinajstić information content (AvgIpc) is 3.53. The number of amides is 1. The Hall–Kier alpha value is -2.39. The second-order valence-electron chi connectivity index (χ2n) is 10.4. The van der Waals surface area contributed by atoms with E-state index in [1.807, 2.05) is 0 Å². The largest absolute Gasteiger partial charge is 0.481 e. The summed E-state index contributed by atoms with van der Waals surface area (Å²) >= 11 is 0.992. The molecule has 35 heavy (non-hydrogen) atoms. The Bertz CT molecular complexity index is 1180. The van der Waals surface area contributed by atoms with Crippen molar-refractivity contribution in [1.82, 2.24) is 9.29 Å². The topological polar surface area (TPSA) is 105 Å². The van der Waals surface area contributed by atoms with Gasteiger partial charge in [-0.25, -0.2) is 3.97 Å². The van der Waals surface area contributed by atoms with Crippen LogP contribution in [0.25, 0.3) is 0 Å². The molecule has 0 aliphatic heterocycles. The predicted molar refractivity (Wildman–Crippen MR) is 136 cm³/mol. The van der Waals surface area contributed by atoms with Crippen LogP contribution in [-0.4, -0.2) is 35.9 Å². The zero-order chi connectivity index (χ0) is 25.2. The average molecular weight is 519 g/mol. The Morgan fingerprint density at radius 2 is 1.94 bits per heavy atom. The van der Waals surface area contributed by atoms with E-state index in [1.165, 1.54) is 24.9 Å². The molecule has 2 N–H and O–H groups in total. The number of nitrogens with one attached hydrogen (secondary N) is 1. The molecule has 2 aromatic rings. The third kappa shape index (κ3) is 5.40. The van der Waals surface area contributed by atoms with Crippen LogP contribution in [0, 0.1) is 29.1 Å². The summed E-state index contributed by atoms with van der Waals surface area (Å²) in [5.74, 6) is 1.15. The van der Waals surface area contributed by atoms with E-state index in [-0.39, 0.29) is 16.5 Å². The second-order valence-corrected chi connectivity index (χ2v) is 13.5.